The molecule has 2 fully saturated rings. The Bertz CT molecular complexity index is 842. The van der Waals surface area contributed by atoms with Crippen molar-refractivity contribution in [2.24, 2.45) is 0 Å². The van der Waals surface area contributed by atoms with Gasteiger partial charge in [0.25, 0.3) is 0 Å². The fraction of sp³-hybridized carbons (Fsp3) is 0.750. The molecule has 1 amide bonds. The van der Waals surface area contributed by atoms with Gasteiger partial charge in [-0.2, -0.15) is 4.98 Å². The lowest BCUT2D eigenvalue weighted by molar-refractivity contribution is -0.290. The van der Waals surface area contributed by atoms with Crippen molar-refractivity contribution >= 4 is 17.7 Å². The Hall–Kier alpha value is -1.50. The number of hydrogen-bond donors (Lipinski definition) is 3. The standard InChI is InChI=1S/C20H31N4O6S/c1-19(2)8-12(9-20(3,4)24(19)29)21-15(27)11-31-16-5-6-23(18(28)22-16)17-7-13(26)14(10-25)30-17/h5-6,12-14,17,25-26H,7-11H2,1-4H3,(H,21,27)/t13-,14+,17+/m0/s1. The van der Waals surface area contributed by atoms with Gasteiger partial charge in [-0.15, -0.1) is 10.3 Å². The first-order valence-corrected chi connectivity index (χ1v) is 11.3. The van der Waals surface area contributed by atoms with Crippen LogP contribution in [0.4, 0.5) is 0 Å². The summed E-state index contributed by atoms with van der Waals surface area (Å²) in [4.78, 5) is 28.8. The Morgan fingerprint density at radius 2 is 1.97 bits per heavy atom. The highest BCUT2D eigenvalue weighted by atomic mass is 32.2. The monoisotopic (exact) mass is 455 g/mol. The van der Waals surface area contributed by atoms with Gasteiger partial charge in [-0.05, 0) is 46.6 Å². The molecule has 0 saturated carbocycles. The quantitative estimate of drug-likeness (QED) is 0.416. The van der Waals surface area contributed by atoms with Crippen molar-refractivity contribution in [2.45, 2.75) is 87.5 Å². The predicted octanol–water partition coefficient (Wildman–Crippen LogP) is 0.459. The highest BCUT2D eigenvalue weighted by Crippen LogP contribution is 2.37. The number of carbonyl (C=O) groups is 1. The van der Waals surface area contributed by atoms with Crippen molar-refractivity contribution < 1.29 is 25.0 Å². The maximum atomic E-state index is 12.4. The number of hydrogen-bond acceptors (Lipinski definition) is 8. The van der Waals surface area contributed by atoms with Gasteiger partial charge in [0.2, 0.25) is 5.91 Å². The molecule has 3 N–H and O–H groups in total. The van der Waals surface area contributed by atoms with Crippen LogP contribution in [0.2, 0.25) is 0 Å². The van der Waals surface area contributed by atoms with Crippen molar-refractivity contribution in [1.82, 2.24) is 19.9 Å². The van der Waals surface area contributed by atoms with Crippen LogP contribution in [0, 0.1) is 0 Å². The Morgan fingerprint density at radius 3 is 2.52 bits per heavy atom. The molecule has 0 aromatic carbocycles. The van der Waals surface area contributed by atoms with Crippen LogP contribution < -0.4 is 11.0 Å². The van der Waals surface area contributed by atoms with E-state index < -0.39 is 35.2 Å². The first kappa shape index (κ1) is 24.1. The number of aliphatic hydroxyl groups is 2. The van der Waals surface area contributed by atoms with Crippen molar-refractivity contribution in [3.8, 4) is 0 Å². The fourth-order valence-corrected chi connectivity index (χ4v) is 5.18. The molecule has 10 nitrogen and oxygen atoms in total. The van der Waals surface area contributed by atoms with Crippen LogP contribution in [-0.4, -0.2) is 72.4 Å². The van der Waals surface area contributed by atoms with Crippen LogP contribution >= 0.6 is 11.8 Å². The second kappa shape index (κ2) is 9.16. The zero-order valence-corrected chi connectivity index (χ0v) is 19.1. The van der Waals surface area contributed by atoms with Gasteiger partial charge in [0.05, 0.1) is 18.5 Å². The number of rotatable bonds is 6. The van der Waals surface area contributed by atoms with Crippen LogP contribution in [0.25, 0.3) is 0 Å². The van der Waals surface area contributed by atoms with E-state index in [1.54, 1.807) is 6.07 Å². The lowest BCUT2D eigenvalue weighted by Gasteiger charge is -2.50. The average Bonchev–Trinajstić information content (AvgIpc) is 3.04. The molecule has 1 radical (unpaired) electrons. The second-order valence-corrected chi connectivity index (χ2v) is 10.4. The summed E-state index contributed by atoms with van der Waals surface area (Å²) < 4.78 is 6.75. The van der Waals surface area contributed by atoms with E-state index in [-0.39, 0.29) is 30.7 Å². The maximum absolute atomic E-state index is 12.4. The molecule has 11 heteroatoms. The smallest absolute Gasteiger partial charge is 0.350 e. The number of amides is 1. The number of ether oxygens (including phenoxy) is 1. The molecular formula is C20H31N4O6S. The minimum atomic E-state index is -0.844. The van der Waals surface area contributed by atoms with Gasteiger partial charge in [-0.25, -0.2) is 4.79 Å². The van der Waals surface area contributed by atoms with Crippen LogP contribution in [0.3, 0.4) is 0 Å². The topological polar surface area (TPSA) is 137 Å². The van der Waals surface area contributed by atoms with Gasteiger partial charge in [0.15, 0.2) is 0 Å². The Morgan fingerprint density at radius 1 is 1.32 bits per heavy atom. The predicted molar refractivity (Wildman–Crippen MR) is 113 cm³/mol. The summed E-state index contributed by atoms with van der Waals surface area (Å²) in [6.07, 6.45) is 0.576. The Labute approximate surface area is 185 Å². The van der Waals surface area contributed by atoms with Crippen LogP contribution in [-0.2, 0) is 14.7 Å². The van der Waals surface area contributed by atoms with E-state index in [1.807, 2.05) is 27.7 Å². The fourth-order valence-electron chi connectivity index (χ4n) is 4.52. The summed E-state index contributed by atoms with van der Waals surface area (Å²) in [5, 5.41) is 36.0. The lowest BCUT2D eigenvalue weighted by Crippen LogP contribution is -2.62. The zero-order valence-electron chi connectivity index (χ0n) is 18.3. The summed E-state index contributed by atoms with van der Waals surface area (Å²) in [5.74, 6) is -0.0832. The van der Waals surface area contributed by atoms with Gasteiger partial charge in [0.1, 0.15) is 17.4 Å². The summed E-state index contributed by atoms with van der Waals surface area (Å²) in [6, 6.07) is 1.51. The number of nitrogens with one attached hydrogen (secondary N) is 1. The van der Waals surface area contributed by atoms with Crippen molar-refractivity contribution in [2.75, 3.05) is 12.4 Å². The summed E-state index contributed by atoms with van der Waals surface area (Å²) in [5.41, 5.74) is -1.68. The third-order valence-electron chi connectivity index (χ3n) is 5.81. The van der Waals surface area contributed by atoms with Crippen molar-refractivity contribution in [3.63, 3.8) is 0 Å². The third kappa shape index (κ3) is 5.47. The lowest BCUT2D eigenvalue weighted by atomic mass is 9.79. The number of aliphatic hydroxyl groups excluding tert-OH is 2. The zero-order chi connectivity index (χ0) is 23.0. The van der Waals surface area contributed by atoms with Crippen LogP contribution in [0.1, 0.15) is 53.2 Å². The minimum Gasteiger partial charge on any atom is -0.394 e. The molecule has 0 bridgehead atoms. The number of thioether (sulfide) groups is 1. The van der Waals surface area contributed by atoms with E-state index in [1.165, 1.54) is 10.8 Å². The first-order chi connectivity index (χ1) is 14.4. The first-order valence-electron chi connectivity index (χ1n) is 10.4. The molecule has 2 aliphatic heterocycles. The van der Waals surface area contributed by atoms with Crippen LogP contribution in [0.5, 0.6) is 0 Å². The van der Waals surface area contributed by atoms with E-state index in [2.05, 4.69) is 10.3 Å². The number of carbonyl (C=O) groups excluding carboxylic acids is 1. The van der Waals surface area contributed by atoms with Gasteiger partial charge < -0.3 is 20.3 Å². The molecular weight excluding hydrogens is 424 g/mol. The minimum absolute atomic E-state index is 0.0974. The molecule has 3 heterocycles. The van der Waals surface area contributed by atoms with Crippen molar-refractivity contribution in [1.29, 1.82) is 0 Å². The number of piperidine rings is 1. The third-order valence-corrected chi connectivity index (χ3v) is 6.74. The molecule has 1 aromatic heterocycles. The van der Waals surface area contributed by atoms with Gasteiger partial charge in [0, 0.05) is 29.7 Å². The average molecular weight is 456 g/mol. The molecule has 3 rings (SSSR count). The van der Waals surface area contributed by atoms with Gasteiger partial charge in [-0.3, -0.25) is 9.36 Å². The Balaban J connectivity index is 1.55. The molecule has 173 valence electrons. The molecule has 31 heavy (non-hydrogen) atoms. The summed E-state index contributed by atoms with van der Waals surface area (Å²) in [6.45, 7) is 7.19. The molecule has 0 aliphatic carbocycles. The second-order valence-electron chi connectivity index (χ2n) is 9.45. The SMILES string of the molecule is CC1(C)CC(NC(=O)CSc2ccn([C@H]3C[C@H](O)[C@@H](CO)O3)c(=O)n2)CC(C)(C)N1[O]. The van der Waals surface area contributed by atoms with E-state index in [0.29, 0.717) is 17.9 Å². The highest BCUT2D eigenvalue weighted by Gasteiger charge is 2.46. The summed E-state index contributed by atoms with van der Waals surface area (Å²) >= 11 is 1.15. The molecule has 0 unspecified atom stereocenters. The molecule has 2 saturated heterocycles. The van der Waals surface area contributed by atoms with E-state index in [9.17, 15) is 25.0 Å². The number of nitrogens with zero attached hydrogens (tertiary/aromatic N) is 3. The van der Waals surface area contributed by atoms with Gasteiger partial charge >= 0.3 is 5.69 Å². The normalized spacial score (nSPS) is 28.5. The largest absolute Gasteiger partial charge is 0.394 e. The Kier molecular flexibility index (Phi) is 7.14. The van der Waals surface area contributed by atoms with E-state index in [4.69, 9.17) is 4.74 Å². The number of hydroxylamine groups is 2. The maximum Gasteiger partial charge on any atom is 0.350 e. The van der Waals surface area contributed by atoms with E-state index >= 15 is 0 Å². The molecule has 3 atom stereocenters. The molecule has 2 aliphatic rings. The molecule has 0 spiro atoms. The van der Waals surface area contributed by atoms with Crippen molar-refractivity contribution in [3.05, 3.63) is 22.7 Å². The molecule has 1 aromatic rings. The number of aromatic nitrogens is 2. The summed E-state index contributed by atoms with van der Waals surface area (Å²) in [7, 11) is 0. The van der Waals surface area contributed by atoms with Gasteiger partial charge in [-0.1, -0.05) is 11.8 Å². The van der Waals surface area contributed by atoms with E-state index in [0.717, 1.165) is 16.8 Å². The van der Waals surface area contributed by atoms with Crippen LogP contribution in [0.15, 0.2) is 22.1 Å². The highest BCUT2D eigenvalue weighted by molar-refractivity contribution is 7.99.